The molecule has 0 spiro atoms. The molecule has 0 fully saturated rings. The van der Waals surface area contributed by atoms with Crippen LogP contribution in [0.1, 0.15) is 34.5 Å². The van der Waals surface area contributed by atoms with Gasteiger partial charge in [-0.15, -0.1) is 0 Å². The van der Waals surface area contributed by atoms with Gasteiger partial charge in [0, 0.05) is 16.6 Å². The van der Waals surface area contributed by atoms with Gasteiger partial charge in [-0.3, -0.25) is 14.4 Å². The second-order valence-corrected chi connectivity index (χ2v) is 9.11. The van der Waals surface area contributed by atoms with Crippen molar-refractivity contribution in [3.63, 3.8) is 0 Å². The molecule has 0 radical (unpaired) electrons. The average molecular weight is 482 g/mol. The summed E-state index contributed by atoms with van der Waals surface area (Å²) in [7, 11) is 0. The first-order chi connectivity index (χ1) is 17.5. The zero-order chi connectivity index (χ0) is 25.1. The van der Waals surface area contributed by atoms with Crippen molar-refractivity contribution in [3.8, 4) is 0 Å². The van der Waals surface area contributed by atoms with Gasteiger partial charge in [0.05, 0.1) is 12.5 Å². The Kier molecular flexibility index (Phi) is 6.54. The lowest BCUT2D eigenvalue weighted by Gasteiger charge is -2.29. The predicted octanol–water partition coefficient (Wildman–Crippen LogP) is 4.33. The minimum absolute atomic E-state index is 0.165. The van der Waals surface area contributed by atoms with Crippen LogP contribution in [0.5, 0.6) is 0 Å². The highest BCUT2D eigenvalue weighted by molar-refractivity contribution is 6.04. The molecule has 1 aliphatic heterocycles. The Morgan fingerprint density at radius 3 is 2.47 bits per heavy atom. The number of carboxylic acid groups (broad SMARTS) is 1. The zero-order valence-electron chi connectivity index (χ0n) is 19.7. The molecule has 1 unspecified atom stereocenters. The summed E-state index contributed by atoms with van der Waals surface area (Å²) in [4.78, 5) is 43.5. The molecular weight excluding hydrogens is 454 g/mol. The standard InChI is InChI=1S/C29H27N3O4/c33-27(34)18-22-16-21-11-5-7-13-26(21)32(22)29(36)24(15-14-19-8-2-1-3-9-19)31-28(35)25-17-20-10-4-6-12-23(20)30-25/h1-13,17,22,24,30H,14-16,18H2,(H,31,35)(H,33,34)/t22?,24-/m0/s1. The second kappa shape index (κ2) is 10.1. The fourth-order valence-corrected chi connectivity index (χ4v) is 4.94. The number of rotatable bonds is 8. The normalized spacial score (nSPS) is 15.4. The minimum atomic E-state index is -0.964. The van der Waals surface area contributed by atoms with Crippen molar-refractivity contribution in [3.05, 3.63) is 102 Å². The van der Waals surface area contributed by atoms with Gasteiger partial charge in [-0.25, -0.2) is 0 Å². The Balaban J connectivity index is 1.44. The van der Waals surface area contributed by atoms with Crippen molar-refractivity contribution in [2.75, 3.05) is 4.90 Å². The first-order valence-electron chi connectivity index (χ1n) is 12.0. The molecule has 0 saturated heterocycles. The van der Waals surface area contributed by atoms with Crippen LogP contribution >= 0.6 is 0 Å². The van der Waals surface area contributed by atoms with E-state index in [0.717, 1.165) is 22.0 Å². The van der Waals surface area contributed by atoms with Gasteiger partial charge in [-0.2, -0.15) is 0 Å². The molecule has 3 aromatic carbocycles. The number of hydrogen-bond donors (Lipinski definition) is 3. The highest BCUT2D eigenvalue weighted by Crippen LogP contribution is 2.34. The Morgan fingerprint density at radius 2 is 1.69 bits per heavy atom. The number of nitrogens with one attached hydrogen (secondary N) is 2. The number of fused-ring (bicyclic) bond motifs is 2. The van der Waals surface area contributed by atoms with Gasteiger partial charge in [0.25, 0.3) is 5.91 Å². The maximum absolute atomic E-state index is 14.0. The molecule has 7 heteroatoms. The van der Waals surface area contributed by atoms with E-state index < -0.39 is 18.1 Å². The molecule has 0 saturated carbocycles. The van der Waals surface area contributed by atoms with E-state index in [1.807, 2.05) is 78.9 Å². The number of aryl methyl sites for hydroxylation is 1. The maximum atomic E-state index is 14.0. The topological polar surface area (TPSA) is 102 Å². The molecule has 0 bridgehead atoms. The molecular formula is C29H27N3O4. The van der Waals surface area contributed by atoms with Gasteiger partial charge in [0.1, 0.15) is 11.7 Å². The lowest BCUT2D eigenvalue weighted by molar-refractivity contribution is -0.137. The Labute approximate surface area is 208 Å². The maximum Gasteiger partial charge on any atom is 0.305 e. The number of carboxylic acids is 1. The zero-order valence-corrected chi connectivity index (χ0v) is 19.7. The number of aromatic nitrogens is 1. The predicted molar refractivity (Wildman–Crippen MR) is 138 cm³/mol. The first kappa shape index (κ1) is 23.4. The van der Waals surface area contributed by atoms with Crippen LogP contribution in [0.2, 0.25) is 0 Å². The van der Waals surface area contributed by atoms with Crippen LogP contribution in [0.25, 0.3) is 10.9 Å². The summed E-state index contributed by atoms with van der Waals surface area (Å²) >= 11 is 0. The molecule has 1 aromatic heterocycles. The van der Waals surface area contributed by atoms with Gasteiger partial charge in [-0.1, -0.05) is 66.7 Å². The van der Waals surface area contributed by atoms with Gasteiger partial charge in [0.2, 0.25) is 5.91 Å². The molecule has 36 heavy (non-hydrogen) atoms. The van der Waals surface area contributed by atoms with Gasteiger partial charge in [0.15, 0.2) is 0 Å². The number of carbonyl (C=O) groups excluding carboxylic acids is 2. The SMILES string of the molecule is O=C(O)CC1Cc2ccccc2N1C(=O)[C@H](CCc1ccccc1)NC(=O)c1cc2ccccc2[nH]1. The number of carbonyl (C=O) groups is 3. The van der Waals surface area contributed by atoms with Crippen molar-refractivity contribution < 1.29 is 19.5 Å². The molecule has 4 aromatic rings. The number of amides is 2. The van der Waals surface area contributed by atoms with Crippen molar-refractivity contribution in [1.82, 2.24) is 10.3 Å². The van der Waals surface area contributed by atoms with Crippen LogP contribution in [0.4, 0.5) is 5.69 Å². The molecule has 182 valence electrons. The number of anilines is 1. The van der Waals surface area contributed by atoms with E-state index in [1.54, 1.807) is 11.0 Å². The van der Waals surface area contributed by atoms with E-state index in [9.17, 15) is 19.5 Å². The van der Waals surface area contributed by atoms with Crippen LogP contribution in [0.3, 0.4) is 0 Å². The monoisotopic (exact) mass is 481 g/mol. The summed E-state index contributed by atoms with van der Waals surface area (Å²) in [6.07, 6.45) is 1.27. The lowest BCUT2D eigenvalue weighted by atomic mass is 10.0. The summed E-state index contributed by atoms with van der Waals surface area (Å²) in [5, 5.41) is 13.3. The van der Waals surface area contributed by atoms with E-state index in [2.05, 4.69) is 10.3 Å². The van der Waals surface area contributed by atoms with E-state index >= 15 is 0 Å². The number of aliphatic carboxylic acids is 1. The first-order valence-corrected chi connectivity index (χ1v) is 12.0. The van der Waals surface area contributed by atoms with Gasteiger partial charge < -0.3 is 20.3 Å². The third kappa shape index (κ3) is 4.86. The minimum Gasteiger partial charge on any atom is -0.481 e. The fraction of sp³-hybridized carbons (Fsp3) is 0.207. The van der Waals surface area contributed by atoms with Crippen LogP contribution in [0, 0.1) is 0 Å². The summed E-state index contributed by atoms with van der Waals surface area (Å²) in [5.74, 6) is -1.64. The van der Waals surface area contributed by atoms with Crippen LogP contribution in [-0.4, -0.2) is 40.0 Å². The number of H-pyrrole nitrogens is 1. The average Bonchev–Trinajstić information content (AvgIpc) is 3.47. The number of nitrogens with zero attached hydrogens (tertiary/aromatic N) is 1. The Bertz CT molecular complexity index is 1380. The molecule has 5 rings (SSSR count). The molecule has 2 amide bonds. The summed E-state index contributed by atoms with van der Waals surface area (Å²) in [6, 6.07) is 25.3. The molecule has 3 N–H and O–H groups in total. The highest BCUT2D eigenvalue weighted by Gasteiger charge is 2.38. The van der Waals surface area contributed by atoms with Crippen molar-refractivity contribution in [2.24, 2.45) is 0 Å². The van der Waals surface area contributed by atoms with Gasteiger partial charge >= 0.3 is 5.97 Å². The van der Waals surface area contributed by atoms with Crippen molar-refractivity contribution in [2.45, 2.75) is 37.8 Å². The quantitative estimate of drug-likeness (QED) is 0.349. The van der Waals surface area contributed by atoms with Crippen LogP contribution < -0.4 is 10.2 Å². The van der Waals surface area contributed by atoms with Crippen molar-refractivity contribution >= 4 is 34.4 Å². The van der Waals surface area contributed by atoms with E-state index in [0.29, 0.717) is 30.6 Å². The number of hydrogen-bond acceptors (Lipinski definition) is 3. The largest absolute Gasteiger partial charge is 0.481 e. The van der Waals surface area contributed by atoms with Crippen LogP contribution in [-0.2, 0) is 22.4 Å². The van der Waals surface area contributed by atoms with Crippen LogP contribution in [0.15, 0.2) is 84.9 Å². The van der Waals surface area contributed by atoms with E-state index in [4.69, 9.17) is 0 Å². The number of aromatic amines is 1. The molecule has 2 atom stereocenters. The van der Waals surface area contributed by atoms with Gasteiger partial charge in [-0.05, 0) is 48.6 Å². The van der Waals surface area contributed by atoms with E-state index in [1.165, 1.54) is 0 Å². The summed E-state index contributed by atoms with van der Waals surface area (Å²) in [6.45, 7) is 0. The third-order valence-corrected chi connectivity index (χ3v) is 6.66. The van der Waals surface area contributed by atoms with Crippen molar-refractivity contribution in [1.29, 1.82) is 0 Å². The smallest absolute Gasteiger partial charge is 0.305 e. The number of para-hydroxylation sites is 2. The Morgan fingerprint density at radius 1 is 0.972 bits per heavy atom. The Hall–Kier alpha value is -4.39. The molecule has 1 aliphatic rings. The third-order valence-electron chi connectivity index (χ3n) is 6.66. The summed E-state index contributed by atoms with van der Waals surface area (Å²) < 4.78 is 0. The molecule has 2 heterocycles. The second-order valence-electron chi connectivity index (χ2n) is 9.11. The molecule has 0 aliphatic carbocycles. The lowest BCUT2D eigenvalue weighted by Crippen LogP contribution is -2.51. The number of benzene rings is 3. The van der Waals surface area contributed by atoms with E-state index in [-0.39, 0.29) is 18.2 Å². The highest BCUT2D eigenvalue weighted by atomic mass is 16.4. The fourth-order valence-electron chi connectivity index (χ4n) is 4.94. The summed E-state index contributed by atoms with van der Waals surface area (Å²) in [5.41, 5.74) is 3.90. The molecule has 7 nitrogen and oxygen atoms in total.